The molecule has 4 rings (SSSR count). The zero-order valence-electron chi connectivity index (χ0n) is 17.7. The number of fused-ring (bicyclic) bond motifs is 1. The van der Waals surface area contributed by atoms with Gasteiger partial charge in [0.15, 0.2) is 0 Å². The number of H-pyrrole nitrogens is 1. The van der Waals surface area contributed by atoms with Gasteiger partial charge in [-0.1, -0.05) is 67.3 Å². The molecule has 0 fully saturated rings. The maximum Gasteiger partial charge on any atom is 0.244 e. The van der Waals surface area contributed by atoms with Gasteiger partial charge in [0.25, 0.3) is 0 Å². The molecule has 3 aromatic carbocycles. The summed E-state index contributed by atoms with van der Waals surface area (Å²) in [6, 6.07) is 25.2. The van der Waals surface area contributed by atoms with E-state index in [-0.39, 0.29) is 11.9 Å². The van der Waals surface area contributed by atoms with Crippen molar-refractivity contribution >= 4 is 23.0 Å². The van der Waals surface area contributed by atoms with Crippen LogP contribution in [0.25, 0.3) is 17.1 Å². The number of nitrogens with zero attached hydrogens (tertiary/aromatic N) is 1. The summed E-state index contributed by atoms with van der Waals surface area (Å²) in [5.41, 5.74) is 3.86. The molecule has 32 heavy (non-hydrogen) atoms. The average Bonchev–Trinajstić information content (AvgIpc) is 3.27. The Hall–Kier alpha value is -4.12. The SMILES string of the molecule is C=CCOc1ccc(/C=C/C(=O)NC(Cc2ccccc2)c2nc3ccccc3[nH]2)cc1. The topological polar surface area (TPSA) is 67.0 Å². The fourth-order valence-electron chi connectivity index (χ4n) is 3.43. The molecule has 1 aromatic heterocycles. The lowest BCUT2D eigenvalue weighted by molar-refractivity contribution is -0.117. The van der Waals surface area contributed by atoms with Crippen LogP contribution in [0.15, 0.2) is 97.6 Å². The maximum absolute atomic E-state index is 12.7. The van der Waals surface area contributed by atoms with Crippen molar-refractivity contribution in [2.24, 2.45) is 0 Å². The Bertz CT molecular complexity index is 1180. The number of nitrogens with one attached hydrogen (secondary N) is 2. The van der Waals surface area contributed by atoms with Gasteiger partial charge in [-0.25, -0.2) is 4.98 Å². The molecule has 1 heterocycles. The molecule has 0 aliphatic carbocycles. The van der Waals surface area contributed by atoms with Crippen LogP contribution in [0.5, 0.6) is 5.75 Å². The van der Waals surface area contributed by atoms with Gasteiger partial charge in [-0.2, -0.15) is 0 Å². The van der Waals surface area contributed by atoms with E-state index < -0.39 is 0 Å². The van der Waals surface area contributed by atoms with E-state index in [4.69, 9.17) is 9.72 Å². The summed E-state index contributed by atoms with van der Waals surface area (Å²) in [5.74, 6) is 1.32. The maximum atomic E-state index is 12.7. The molecule has 0 saturated heterocycles. The smallest absolute Gasteiger partial charge is 0.244 e. The van der Waals surface area contributed by atoms with Gasteiger partial charge in [-0.3, -0.25) is 4.79 Å². The van der Waals surface area contributed by atoms with Gasteiger partial charge in [0.1, 0.15) is 18.2 Å². The monoisotopic (exact) mass is 423 g/mol. The third kappa shape index (κ3) is 5.52. The van der Waals surface area contributed by atoms with Crippen LogP contribution in [0.4, 0.5) is 0 Å². The van der Waals surface area contributed by atoms with Crippen LogP contribution in [-0.2, 0) is 11.2 Å². The van der Waals surface area contributed by atoms with Crippen molar-refractivity contribution in [3.63, 3.8) is 0 Å². The number of aromatic nitrogens is 2. The molecule has 160 valence electrons. The minimum Gasteiger partial charge on any atom is -0.490 e. The molecule has 1 amide bonds. The molecule has 1 atom stereocenters. The summed E-state index contributed by atoms with van der Waals surface area (Å²) in [5, 5.41) is 3.10. The fourth-order valence-corrected chi connectivity index (χ4v) is 3.43. The van der Waals surface area contributed by atoms with E-state index in [0.29, 0.717) is 13.0 Å². The Labute approximate surface area is 187 Å². The molecule has 0 spiro atoms. The van der Waals surface area contributed by atoms with E-state index >= 15 is 0 Å². The van der Waals surface area contributed by atoms with E-state index in [1.807, 2.05) is 78.9 Å². The Balaban J connectivity index is 1.49. The summed E-state index contributed by atoms with van der Waals surface area (Å²) < 4.78 is 5.49. The summed E-state index contributed by atoms with van der Waals surface area (Å²) in [4.78, 5) is 20.8. The minimum atomic E-state index is -0.281. The second-order valence-corrected chi connectivity index (χ2v) is 7.39. The van der Waals surface area contributed by atoms with Crippen LogP contribution < -0.4 is 10.1 Å². The van der Waals surface area contributed by atoms with Gasteiger partial charge in [-0.15, -0.1) is 0 Å². The Morgan fingerprint density at radius 3 is 2.53 bits per heavy atom. The number of rotatable bonds is 9. The molecule has 0 aliphatic heterocycles. The highest BCUT2D eigenvalue weighted by Crippen LogP contribution is 2.20. The molecular weight excluding hydrogens is 398 g/mol. The largest absolute Gasteiger partial charge is 0.490 e. The van der Waals surface area contributed by atoms with Gasteiger partial charge >= 0.3 is 0 Å². The Morgan fingerprint density at radius 1 is 1.03 bits per heavy atom. The highest BCUT2D eigenvalue weighted by molar-refractivity contribution is 5.92. The number of benzene rings is 3. The molecule has 4 aromatic rings. The molecule has 0 radical (unpaired) electrons. The van der Waals surface area contributed by atoms with Crippen LogP contribution in [-0.4, -0.2) is 22.5 Å². The molecule has 5 heteroatoms. The molecular formula is C27H25N3O2. The highest BCUT2D eigenvalue weighted by Gasteiger charge is 2.18. The van der Waals surface area contributed by atoms with Crippen LogP contribution >= 0.6 is 0 Å². The van der Waals surface area contributed by atoms with Crippen molar-refractivity contribution < 1.29 is 9.53 Å². The molecule has 1 unspecified atom stereocenters. The first-order valence-electron chi connectivity index (χ1n) is 10.5. The van der Waals surface area contributed by atoms with Gasteiger partial charge in [0.2, 0.25) is 5.91 Å². The molecule has 2 N–H and O–H groups in total. The lowest BCUT2D eigenvalue weighted by Crippen LogP contribution is -2.29. The van der Waals surface area contributed by atoms with E-state index in [1.54, 1.807) is 18.2 Å². The minimum absolute atomic E-state index is 0.182. The summed E-state index contributed by atoms with van der Waals surface area (Å²) in [6.45, 7) is 4.10. The standard InChI is InChI=1S/C27H25N3O2/c1-2-18-32-22-15-12-20(13-16-22)14-17-26(31)28-25(19-21-8-4-3-5-9-21)27-29-23-10-6-7-11-24(23)30-27/h2-17,25H,1,18-19H2,(H,28,31)(H,29,30)/b17-14+. The predicted molar refractivity (Wildman–Crippen MR) is 128 cm³/mol. The zero-order valence-corrected chi connectivity index (χ0v) is 17.7. The van der Waals surface area contributed by atoms with Crippen molar-refractivity contribution in [2.75, 3.05) is 6.61 Å². The van der Waals surface area contributed by atoms with E-state index in [0.717, 1.165) is 33.7 Å². The lowest BCUT2D eigenvalue weighted by atomic mass is 10.1. The van der Waals surface area contributed by atoms with Gasteiger partial charge in [0.05, 0.1) is 17.1 Å². The van der Waals surface area contributed by atoms with Crippen LogP contribution in [0.2, 0.25) is 0 Å². The fraction of sp³-hybridized carbons (Fsp3) is 0.111. The van der Waals surface area contributed by atoms with Crippen molar-refractivity contribution in [1.82, 2.24) is 15.3 Å². The molecule has 5 nitrogen and oxygen atoms in total. The van der Waals surface area contributed by atoms with E-state index in [1.165, 1.54) is 0 Å². The second-order valence-electron chi connectivity index (χ2n) is 7.39. The summed E-state index contributed by atoms with van der Waals surface area (Å²) in [7, 11) is 0. The lowest BCUT2D eigenvalue weighted by Gasteiger charge is -2.16. The van der Waals surface area contributed by atoms with Crippen LogP contribution in [0, 0.1) is 0 Å². The number of hydrogen-bond acceptors (Lipinski definition) is 3. The van der Waals surface area contributed by atoms with Gasteiger partial charge < -0.3 is 15.0 Å². The number of imidazole rings is 1. The first-order chi connectivity index (χ1) is 15.7. The number of aromatic amines is 1. The molecule has 0 saturated carbocycles. The number of para-hydroxylation sites is 2. The zero-order chi connectivity index (χ0) is 22.2. The van der Waals surface area contributed by atoms with Crippen molar-refractivity contribution in [2.45, 2.75) is 12.5 Å². The van der Waals surface area contributed by atoms with E-state index in [2.05, 4.69) is 16.9 Å². The number of carbonyl (C=O) groups excluding carboxylic acids is 1. The van der Waals surface area contributed by atoms with Gasteiger partial charge in [-0.05, 0) is 47.9 Å². The summed E-state index contributed by atoms with van der Waals surface area (Å²) in [6.07, 6.45) is 5.66. The first kappa shape index (κ1) is 21.1. The first-order valence-corrected chi connectivity index (χ1v) is 10.5. The van der Waals surface area contributed by atoms with E-state index in [9.17, 15) is 4.79 Å². The number of hydrogen-bond donors (Lipinski definition) is 2. The Morgan fingerprint density at radius 2 is 1.78 bits per heavy atom. The highest BCUT2D eigenvalue weighted by atomic mass is 16.5. The predicted octanol–water partition coefficient (Wildman–Crippen LogP) is 5.24. The van der Waals surface area contributed by atoms with Gasteiger partial charge in [0, 0.05) is 6.08 Å². The van der Waals surface area contributed by atoms with Crippen molar-refractivity contribution in [1.29, 1.82) is 0 Å². The van der Waals surface area contributed by atoms with Crippen LogP contribution in [0.1, 0.15) is 23.0 Å². The van der Waals surface area contributed by atoms with Crippen molar-refractivity contribution in [3.8, 4) is 5.75 Å². The van der Waals surface area contributed by atoms with Crippen LogP contribution in [0.3, 0.4) is 0 Å². The number of ether oxygens (including phenoxy) is 1. The molecule has 0 aliphatic rings. The summed E-state index contributed by atoms with van der Waals surface area (Å²) >= 11 is 0. The third-order valence-electron chi connectivity index (χ3n) is 5.01. The molecule has 0 bridgehead atoms. The van der Waals surface area contributed by atoms with Crippen molar-refractivity contribution in [3.05, 3.63) is 115 Å². The normalized spacial score (nSPS) is 12.0. The number of amides is 1. The average molecular weight is 424 g/mol. The quantitative estimate of drug-likeness (QED) is 0.286. The second kappa shape index (κ2) is 10.3. The Kier molecular flexibility index (Phi) is 6.78. The number of carbonyl (C=O) groups is 1. The third-order valence-corrected chi connectivity index (χ3v) is 5.01.